The molecule has 1 aliphatic rings. The van der Waals surface area contributed by atoms with Gasteiger partial charge in [-0.05, 0) is 24.7 Å². The molecule has 0 aliphatic carbocycles. The molecule has 1 atom stereocenters. The van der Waals surface area contributed by atoms with Crippen LogP contribution in [0, 0.1) is 5.82 Å². The molecule has 3 N–H and O–H groups in total. The summed E-state index contributed by atoms with van der Waals surface area (Å²) < 4.78 is 18.4. The van der Waals surface area contributed by atoms with Gasteiger partial charge in [0, 0.05) is 19.2 Å². The summed E-state index contributed by atoms with van der Waals surface area (Å²) in [6.45, 7) is 1.01. The zero-order valence-electron chi connectivity index (χ0n) is 16.6. The summed E-state index contributed by atoms with van der Waals surface area (Å²) in [7, 11) is 1.70. The van der Waals surface area contributed by atoms with Crippen molar-refractivity contribution in [1.82, 2.24) is 25.4 Å². The number of hydrogen-bond donors (Lipinski definition) is 3. The summed E-state index contributed by atoms with van der Waals surface area (Å²) in [6, 6.07) is 6.03. The molecular formula is C20H20FN5O4S. The van der Waals surface area contributed by atoms with Crippen LogP contribution in [0.2, 0.25) is 0 Å². The lowest BCUT2D eigenvalue weighted by Crippen LogP contribution is -2.54. The first-order valence-corrected chi connectivity index (χ1v) is 10.4. The topological polar surface area (TPSA) is 120 Å². The van der Waals surface area contributed by atoms with Gasteiger partial charge >= 0.3 is 0 Å². The van der Waals surface area contributed by atoms with Crippen LogP contribution < -0.4 is 10.7 Å². The number of rotatable bonds is 5. The Morgan fingerprint density at radius 1 is 1.39 bits per heavy atom. The van der Waals surface area contributed by atoms with E-state index in [-0.39, 0.29) is 23.2 Å². The van der Waals surface area contributed by atoms with Gasteiger partial charge in [-0.15, -0.1) is 10.2 Å². The highest BCUT2D eigenvalue weighted by atomic mass is 32.1. The monoisotopic (exact) mass is 445 g/mol. The van der Waals surface area contributed by atoms with Gasteiger partial charge in [-0.1, -0.05) is 23.5 Å². The van der Waals surface area contributed by atoms with Crippen LogP contribution in [0.3, 0.4) is 0 Å². The maximum absolute atomic E-state index is 13.1. The summed E-state index contributed by atoms with van der Waals surface area (Å²) in [5, 5.41) is 22.5. The fourth-order valence-electron chi connectivity index (χ4n) is 3.28. The van der Waals surface area contributed by atoms with Crippen LogP contribution in [0.4, 0.5) is 4.39 Å². The van der Waals surface area contributed by atoms with Crippen molar-refractivity contribution in [2.75, 3.05) is 26.8 Å². The number of halogens is 1. The zero-order valence-corrected chi connectivity index (χ0v) is 17.4. The van der Waals surface area contributed by atoms with E-state index in [9.17, 15) is 19.1 Å². The number of morpholine rings is 1. The van der Waals surface area contributed by atoms with E-state index < -0.39 is 17.1 Å². The first-order valence-electron chi connectivity index (χ1n) is 9.55. The SMILES string of the molecule is CNC1COCCN1C(=O)c1[nH]cc(-c2nnc(Cc3ccc(F)cc3)s2)c(=O)c1O. The maximum atomic E-state index is 13.1. The van der Waals surface area contributed by atoms with Crippen molar-refractivity contribution in [2.24, 2.45) is 0 Å². The van der Waals surface area contributed by atoms with Crippen LogP contribution in [-0.4, -0.2) is 64.1 Å². The number of aromatic nitrogens is 3. The highest BCUT2D eigenvalue weighted by Crippen LogP contribution is 2.25. The summed E-state index contributed by atoms with van der Waals surface area (Å²) in [5.74, 6) is -1.49. The third kappa shape index (κ3) is 4.33. The quantitative estimate of drug-likeness (QED) is 0.542. The second kappa shape index (κ2) is 8.92. The largest absolute Gasteiger partial charge is 0.503 e. The average molecular weight is 445 g/mol. The van der Waals surface area contributed by atoms with Crippen LogP contribution >= 0.6 is 11.3 Å². The van der Waals surface area contributed by atoms with E-state index in [0.717, 1.165) is 5.56 Å². The second-order valence-electron chi connectivity index (χ2n) is 6.94. The van der Waals surface area contributed by atoms with Crippen molar-refractivity contribution in [3.63, 3.8) is 0 Å². The molecule has 0 radical (unpaired) electrons. The number of benzene rings is 1. The smallest absolute Gasteiger partial charge is 0.275 e. The number of nitrogens with zero attached hydrogens (tertiary/aromatic N) is 3. The minimum Gasteiger partial charge on any atom is -0.503 e. The Morgan fingerprint density at radius 3 is 2.90 bits per heavy atom. The molecule has 0 bridgehead atoms. The van der Waals surface area contributed by atoms with Crippen LogP contribution in [0.1, 0.15) is 21.1 Å². The number of H-pyrrole nitrogens is 1. The highest BCUT2D eigenvalue weighted by Gasteiger charge is 2.30. The predicted molar refractivity (Wildman–Crippen MR) is 112 cm³/mol. The van der Waals surface area contributed by atoms with Gasteiger partial charge in [0.15, 0.2) is 16.5 Å². The molecule has 3 aromatic rings. The molecule has 4 rings (SSSR count). The third-order valence-corrected chi connectivity index (χ3v) is 5.92. The first-order chi connectivity index (χ1) is 15.0. The fraction of sp³-hybridized carbons (Fsp3) is 0.300. The Morgan fingerprint density at radius 2 is 2.16 bits per heavy atom. The average Bonchev–Trinajstić information content (AvgIpc) is 3.24. The molecule has 11 heteroatoms. The van der Waals surface area contributed by atoms with E-state index in [1.807, 2.05) is 0 Å². The zero-order chi connectivity index (χ0) is 22.0. The minimum atomic E-state index is -0.708. The second-order valence-corrected chi connectivity index (χ2v) is 8.00. The number of carbonyl (C=O) groups is 1. The molecule has 1 saturated heterocycles. The Bertz CT molecular complexity index is 1150. The van der Waals surface area contributed by atoms with Crippen molar-refractivity contribution in [1.29, 1.82) is 0 Å². The van der Waals surface area contributed by atoms with Crippen LogP contribution in [0.15, 0.2) is 35.3 Å². The van der Waals surface area contributed by atoms with Gasteiger partial charge in [0.25, 0.3) is 5.91 Å². The molecule has 1 fully saturated rings. The predicted octanol–water partition coefficient (Wildman–Crippen LogP) is 1.35. The van der Waals surface area contributed by atoms with Crippen LogP contribution in [0.5, 0.6) is 5.75 Å². The number of likely N-dealkylation sites (N-methyl/N-ethyl adjacent to an activating group) is 1. The molecule has 31 heavy (non-hydrogen) atoms. The van der Waals surface area contributed by atoms with E-state index in [1.165, 1.54) is 34.6 Å². The lowest BCUT2D eigenvalue weighted by molar-refractivity contribution is -0.0102. The molecule has 3 heterocycles. The Labute approximate surface area is 180 Å². The number of ether oxygens (including phenoxy) is 1. The number of hydrogen-bond acceptors (Lipinski definition) is 8. The standard InChI is InChI=1S/C20H20FN5O4S/c1-22-14-10-30-7-6-26(14)20(29)16-18(28)17(27)13(9-23-16)19-25-24-15(31-19)8-11-2-4-12(21)5-3-11/h2-5,9,14,22,28H,6-8,10H2,1H3,(H,23,27). The van der Waals surface area contributed by atoms with Crippen molar-refractivity contribution >= 4 is 17.2 Å². The van der Waals surface area contributed by atoms with Crippen LogP contribution in [0.25, 0.3) is 10.6 Å². The number of aromatic hydroxyl groups is 1. The lowest BCUT2D eigenvalue weighted by atomic mass is 10.2. The van der Waals surface area contributed by atoms with Gasteiger partial charge in [0.2, 0.25) is 5.43 Å². The highest BCUT2D eigenvalue weighted by molar-refractivity contribution is 7.14. The number of aromatic amines is 1. The summed E-state index contributed by atoms with van der Waals surface area (Å²) in [4.78, 5) is 29.9. The lowest BCUT2D eigenvalue weighted by Gasteiger charge is -2.35. The summed E-state index contributed by atoms with van der Waals surface area (Å²) >= 11 is 1.19. The summed E-state index contributed by atoms with van der Waals surface area (Å²) in [6.07, 6.45) is 1.42. The molecule has 2 aromatic heterocycles. The van der Waals surface area contributed by atoms with Crippen molar-refractivity contribution < 1.29 is 19.0 Å². The fourth-order valence-corrected chi connectivity index (χ4v) is 4.17. The minimum absolute atomic E-state index is 0.115. The van der Waals surface area contributed by atoms with Gasteiger partial charge in [-0.3, -0.25) is 14.9 Å². The van der Waals surface area contributed by atoms with Gasteiger partial charge in [0.1, 0.15) is 17.0 Å². The van der Waals surface area contributed by atoms with Crippen LogP contribution in [-0.2, 0) is 11.2 Å². The van der Waals surface area contributed by atoms with Gasteiger partial charge in [-0.25, -0.2) is 4.39 Å². The van der Waals surface area contributed by atoms with Crippen molar-refractivity contribution in [2.45, 2.75) is 12.6 Å². The van der Waals surface area contributed by atoms with E-state index in [2.05, 4.69) is 20.5 Å². The van der Waals surface area contributed by atoms with Gasteiger partial charge in [0.05, 0.1) is 18.8 Å². The van der Waals surface area contributed by atoms with Crippen molar-refractivity contribution in [3.05, 3.63) is 62.8 Å². The molecule has 1 aliphatic heterocycles. The molecule has 9 nitrogen and oxygen atoms in total. The Hall–Kier alpha value is -3.15. The maximum Gasteiger partial charge on any atom is 0.275 e. The Kier molecular flexibility index (Phi) is 6.07. The molecule has 1 aromatic carbocycles. The number of nitrogens with one attached hydrogen (secondary N) is 2. The van der Waals surface area contributed by atoms with E-state index in [1.54, 1.807) is 19.2 Å². The molecular weight excluding hydrogens is 425 g/mol. The van der Waals surface area contributed by atoms with E-state index >= 15 is 0 Å². The normalized spacial score (nSPS) is 16.5. The van der Waals surface area contributed by atoms with Crippen molar-refractivity contribution in [3.8, 4) is 16.3 Å². The van der Waals surface area contributed by atoms with Gasteiger partial charge in [-0.2, -0.15) is 0 Å². The summed E-state index contributed by atoms with van der Waals surface area (Å²) in [5.41, 5.74) is 0.0725. The number of amides is 1. The first kappa shape index (κ1) is 21.1. The molecule has 0 spiro atoms. The van der Waals surface area contributed by atoms with Gasteiger partial charge < -0.3 is 19.7 Å². The Balaban J connectivity index is 1.58. The molecule has 1 unspecified atom stereocenters. The van der Waals surface area contributed by atoms with E-state index in [0.29, 0.717) is 36.2 Å². The molecule has 1 amide bonds. The third-order valence-electron chi connectivity index (χ3n) is 4.96. The number of carbonyl (C=O) groups excluding carboxylic acids is 1. The molecule has 0 saturated carbocycles. The van der Waals surface area contributed by atoms with E-state index in [4.69, 9.17) is 4.74 Å². The number of pyridine rings is 1. The molecule has 162 valence electrons.